The van der Waals surface area contributed by atoms with E-state index in [9.17, 15) is 9.59 Å². The lowest BCUT2D eigenvalue weighted by Gasteiger charge is -2.36. The highest BCUT2D eigenvalue weighted by Crippen LogP contribution is 2.30. The van der Waals surface area contributed by atoms with Crippen molar-refractivity contribution in [3.8, 4) is 0 Å². The van der Waals surface area contributed by atoms with Crippen molar-refractivity contribution in [2.24, 2.45) is 4.99 Å². The number of hydrogen-bond donors (Lipinski definition) is 1. The Bertz CT molecular complexity index is 773. The van der Waals surface area contributed by atoms with Gasteiger partial charge in [-0.05, 0) is 24.1 Å². The number of nitrogens with zero attached hydrogens (tertiary/aromatic N) is 3. The third-order valence-electron chi connectivity index (χ3n) is 5.29. The molecule has 1 fully saturated rings. The van der Waals surface area contributed by atoms with E-state index in [0.717, 1.165) is 27.4 Å². The van der Waals surface area contributed by atoms with E-state index in [1.54, 1.807) is 18.8 Å². The molecule has 2 unspecified atom stereocenters. The van der Waals surface area contributed by atoms with Crippen molar-refractivity contribution in [2.45, 2.75) is 64.2 Å². The molecular weight excluding hydrogens is 452 g/mol. The topological polar surface area (TPSA) is 65.0 Å². The molecule has 8 heteroatoms. The Hall–Kier alpha value is -1.54. The van der Waals surface area contributed by atoms with Crippen LogP contribution in [0.5, 0.6) is 0 Å². The van der Waals surface area contributed by atoms with E-state index >= 15 is 0 Å². The molecule has 1 aromatic carbocycles. The predicted octanol–water partition coefficient (Wildman–Crippen LogP) is 4.59. The minimum atomic E-state index is -0.483. The summed E-state index contributed by atoms with van der Waals surface area (Å²) in [5.74, 6) is 0.700. The van der Waals surface area contributed by atoms with Crippen molar-refractivity contribution >= 4 is 44.8 Å². The largest absolute Gasteiger partial charge is 0.331 e. The molecule has 1 saturated heterocycles. The SMILES string of the molecule is CCCCCCCCSC1=NC2C(C(=O)NC(=O)N2C)N1Cc1cccc(Br)c1. The van der Waals surface area contributed by atoms with E-state index in [0.29, 0.717) is 6.54 Å². The van der Waals surface area contributed by atoms with Crippen LogP contribution in [0.1, 0.15) is 51.0 Å². The Morgan fingerprint density at radius 2 is 1.93 bits per heavy atom. The second kappa shape index (κ2) is 10.5. The highest BCUT2D eigenvalue weighted by Gasteiger charge is 2.48. The fourth-order valence-electron chi connectivity index (χ4n) is 3.66. The van der Waals surface area contributed by atoms with E-state index in [2.05, 4.69) is 34.2 Å². The van der Waals surface area contributed by atoms with Crippen LogP contribution in [0.25, 0.3) is 0 Å². The Kier molecular flexibility index (Phi) is 8.00. The highest BCUT2D eigenvalue weighted by atomic mass is 79.9. The molecule has 2 aliphatic rings. The first-order chi connectivity index (χ1) is 14.0. The number of carbonyl (C=O) groups is 2. The molecule has 0 spiro atoms. The molecule has 0 radical (unpaired) electrons. The molecule has 0 bridgehead atoms. The van der Waals surface area contributed by atoms with Crippen molar-refractivity contribution in [1.29, 1.82) is 0 Å². The van der Waals surface area contributed by atoms with E-state index in [4.69, 9.17) is 4.99 Å². The number of hydrogen-bond acceptors (Lipinski definition) is 5. The van der Waals surface area contributed by atoms with Crippen molar-refractivity contribution in [3.63, 3.8) is 0 Å². The normalized spacial score (nSPS) is 21.3. The Balaban J connectivity index is 1.68. The van der Waals surface area contributed by atoms with E-state index in [-0.39, 0.29) is 11.9 Å². The van der Waals surface area contributed by atoms with Gasteiger partial charge >= 0.3 is 6.03 Å². The van der Waals surface area contributed by atoms with Gasteiger partial charge < -0.3 is 9.80 Å². The molecule has 0 aliphatic carbocycles. The van der Waals surface area contributed by atoms with Gasteiger partial charge in [0.15, 0.2) is 17.4 Å². The molecule has 29 heavy (non-hydrogen) atoms. The summed E-state index contributed by atoms with van der Waals surface area (Å²) >= 11 is 5.21. The van der Waals surface area contributed by atoms with Crippen LogP contribution in [-0.4, -0.2) is 51.9 Å². The van der Waals surface area contributed by atoms with Crippen LogP contribution in [0.2, 0.25) is 0 Å². The summed E-state index contributed by atoms with van der Waals surface area (Å²) in [5.41, 5.74) is 1.10. The number of unbranched alkanes of at least 4 members (excludes halogenated alkanes) is 5. The van der Waals surface area contributed by atoms with Crippen molar-refractivity contribution < 1.29 is 9.59 Å². The Morgan fingerprint density at radius 3 is 2.69 bits per heavy atom. The second-order valence-electron chi connectivity index (χ2n) is 7.55. The fourth-order valence-corrected chi connectivity index (χ4v) is 5.17. The number of aliphatic imine (C=N–C) groups is 1. The maximum Gasteiger partial charge on any atom is 0.325 e. The smallest absolute Gasteiger partial charge is 0.325 e. The zero-order valence-corrected chi connectivity index (χ0v) is 19.5. The minimum Gasteiger partial charge on any atom is -0.331 e. The number of urea groups is 1. The average Bonchev–Trinajstić information content (AvgIpc) is 3.04. The Labute approximate surface area is 185 Å². The molecule has 2 aliphatic heterocycles. The van der Waals surface area contributed by atoms with Gasteiger partial charge in [-0.15, -0.1) is 0 Å². The highest BCUT2D eigenvalue weighted by molar-refractivity contribution is 9.10. The van der Waals surface area contributed by atoms with Gasteiger partial charge in [-0.25, -0.2) is 9.79 Å². The molecule has 0 aromatic heterocycles. The van der Waals surface area contributed by atoms with Crippen molar-refractivity contribution in [3.05, 3.63) is 34.3 Å². The fraction of sp³-hybridized carbons (Fsp3) is 0.571. The van der Waals surface area contributed by atoms with Gasteiger partial charge in [0.05, 0.1) is 0 Å². The molecule has 158 valence electrons. The zero-order chi connectivity index (χ0) is 20.8. The van der Waals surface area contributed by atoms with Crippen LogP contribution >= 0.6 is 27.7 Å². The van der Waals surface area contributed by atoms with Crippen LogP contribution in [0.3, 0.4) is 0 Å². The summed E-state index contributed by atoms with van der Waals surface area (Å²) in [6, 6.07) is 7.21. The van der Waals surface area contributed by atoms with E-state index < -0.39 is 12.2 Å². The molecule has 3 rings (SSSR count). The number of amides is 3. The van der Waals surface area contributed by atoms with Gasteiger partial charge in [0.1, 0.15) is 0 Å². The first kappa shape index (κ1) is 22.2. The standard InChI is InChI=1S/C21H29BrN4O2S/c1-3-4-5-6-7-8-12-29-21-23-18-17(19(27)24-20(28)25(18)2)26(21)14-15-10-9-11-16(22)13-15/h9-11,13,17-18H,3-8,12,14H2,1-2H3,(H,24,27,28). The predicted molar refractivity (Wildman–Crippen MR) is 122 cm³/mol. The molecule has 0 saturated carbocycles. The number of nitrogens with one attached hydrogen (secondary N) is 1. The summed E-state index contributed by atoms with van der Waals surface area (Å²) in [6.07, 6.45) is 7.02. The van der Waals surface area contributed by atoms with Crippen LogP contribution in [-0.2, 0) is 11.3 Å². The molecule has 1 N–H and O–H groups in total. The third kappa shape index (κ3) is 5.54. The monoisotopic (exact) mass is 480 g/mol. The summed E-state index contributed by atoms with van der Waals surface area (Å²) in [4.78, 5) is 33.0. The third-order valence-corrected chi connectivity index (χ3v) is 6.88. The summed E-state index contributed by atoms with van der Waals surface area (Å²) in [6.45, 7) is 2.81. The average molecular weight is 481 g/mol. The number of carbonyl (C=O) groups excluding carboxylic acids is 2. The van der Waals surface area contributed by atoms with Gasteiger partial charge in [0, 0.05) is 23.8 Å². The van der Waals surface area contributed by atoms with Crippen molar-refractivity contribution in [2.75, 3.05) is 12.8 Å². The van der Waals surface area contributed by atoms with Crippen LogP contribution in [0, 0.1) is 0 Å². The first-order valence-electron chi connectivity index (χ1n) is 10.3. The lowest BCUT2D eigenvalue weighted by molar-refractivity contribution is -0.127. The number of rotatable bonds is 9. The van der Waals surface area contributed by atoms with E-state index in [1.165, 1.54) is 37.0 Å². The van der Waals surface area contributed by atoms with Gasteiger partial charge in [-0.2, -0.15) is 0 Å². The number of benzene rings is 1. The number of amidine groups is 1. The maximum atomic E-state index is 12.6. The lowest BCUT2D eigenvalue weighted by Crippen LogP contribution is -2.63. The number of halogens is 1. The molecule has 1 aromatic rings. The van der Waals surface area contributed by atoms with Gasteiger partial charge in [-0.1, -0.05) is 78.9 Å². The number of thioether (sulfide) groups is 1. The van der Waals surface area contributed by atoms with Crippen molar-refractivity contribution in [1.82, 2.24) is 15.1 Å². The first-order valence-corrected chi connectivity index (χ1v) is 12.1. The second-order valence-corrected chi connectivity index (χ2v) is 9.53. The van der Waals surface area contributed by atoms with Gasteiger partial charge in [-0.3, -0.25) is 10.1 Å². The van der Waals surface area contributed by atoms with E-state index in [1.807, 2.05) is 23.1 Å². The van der Waals surface area contributed by atoms with Gasteiger partial charge in [0.2, 0.25) is 0 Å². The summed E-state index contributed by atoms with van der Waals surface area (Å²) in [5, 5.41) is 3.31. The quantitative estimate of drug-likeness (QED) is 0.524. The number of imide groups is 1. The number of likely N-dealkylation sites (N-methyl/N-ethyl adjacent to an activating group) is 1. The summed E-state index contributed by atoms with van der Waals surface area (Å²) < 4.78 is 1.00. The molecular formula is C21H29BrN4O2S. The van der Waals surface area contributed by atoms with Crippen LogP contribution in [0.4, 0.5) is 4.79 Å². The molecule has 2 atom stereocenters. The maximum absolute atomic E-state index is 12.6. The zero-order valence-electron chi connectivity index (χ0n) is 17.1. The number of fused-ring (bicyclic) bond motifs is 1. The lowest BCUT2D eigenvalue weighted by atomic mass is 10.1. The van der Waals surface area contributed by atoms with Crippen LogP contribution < -0.4 is 5.32 Å². The molecule has 6 nitrogen and oxygen atoms in total. The van der Waals surface area contributed by atoms with Crippen LogP contribution in [0.15, 0.2) is 33.7 Å². The Morgan fingerprint density at radius 1 is 1.17 bits per heavy atom. The summed E-state index contributed by atoms with van der Waals surface area (Å²) in [7, 11) is 1.70. The minimum absolute atomic E-state index is 0.271. The molecule has 3 amide bonds. The van der Waals surface area contributed by atoms with Gasteiger partial charge in [0.25, 0.3) is 5.91 Å². The molecule has 2 heterocycles.